The van der Waals surface area contributed by atoms with Crippen molar-refractivity contribution in [2.75, 3.05) is 39.4 Å². The molecule has 1 aliphatic carbocycles. The summed E-state index contributed by atoms with van der Waals surface area (Å²) in [6, 6.07) is 0.631. The zero-order valence-corrected chi connectivity index (χ0v) is 11.4. The first-order valence-corrected chi connectivity index (χ1v) is 7.56. The molecule has 18 heavy (non-hydrogen) atoms. The van der Waals surface area contributed by atoms with Gasteiger partial charge in [-0.1, -0.05) is 25.7 Å². The normalized spacial score (nSPS) is 25.8. The van der Waals surface area contributed by atoms with Crippen LogP contribution in [0.15, 0.2) is 0 Å². The Morgan fingerprint density at radius 3 is 2.44 bits per heavy atom. The van der Waals surface area contributed by atoms with Crippen molar-refractivity contribution >= 4 is 0 Å². The van der Waals surface area contributed by atoms with E-state index in [9.17, 15) is 5.11 Å². The van der Waals surface area contributed by atoms with Crippen LogP contribution in [0.3, 0.4) is 0 Å². The third-order valence-electron chi connectivity index (χ3n) is 4.07. The topological polar surface area (TPSA) is 44.7 Å². The Hall–Kier alpha value is -0.160. The molecule has 0 aromatic carbocycles. The van der Waals surface area contributed by atoms with Gasteiger partial charge in [-0.25, -0.2) is 0 Å². The standard InChI is InChI=1S/C14H28N2O2/c17-14(12-16-7-9-18-10-8-16)11-15-13-5-3-1-2-4-6-13/h13-15,17H,1-12H2/t14-/m1/s1. The minimum Gasteiger partial charge on any atom is -0.390 e. The third-order valence-corrected chi connectivity index (χ3v) is 4.07. The lowest BCUT2D eigenvalue weighted by atomic mass is 10.1. The number of hydrogen-bond donors (Lipinski definition) is 2. The van der Waals surface area contributed by atoms with Gasteiger partial charge in [0.2, 0.25) is 0 Å². The molecule has 1 atom stereocenters. The van der Waals surface area contributed by atoms with Gasteiger partial charge in [-0.3, -0.25) is 4.90 Å². The summed E-state index contributed by atoms with van der Waals surface area (Å²) in [6.07, 6.45) is 7.78. The van der Waals surface area contributed by atoms with E-state index in [1.165, 1.54) is 38.5 Å². The Kier molecular flexibility index (Phi) is 6.41. The van der Waals surface area contributed by atoms with Crippen molar-refractivity contribution in [3.63, 3.8) is 0 Å². The van der Waals surface area contributed by atoms with Crippen LogP contribution >= 0.6 is 0 Å². The minimum atomic E-state index is -0.244. The smallest absolute Gasteiger partial charge is 0.0791 e. The molecular weight excluding hydrogens is 228 g/mol. The van der Waals surface area contributed by atoms with Crippen LogP contribution in [0.1, 0.15) is 38.5 Å². The number of morpholine rings is 1. The lowest BCUT2D eigenvalue weighted by Gasteiger charge is -2.29. The Bertz CT molecular complexity index is 212. The fourth-order valence-corrected chi connectivity index (χ4v) is 2.93. The second-order valence-electron chi connectivity index (χ2n) is 5.66. The van der Waals surface area contributed by atoms with Crippen molar-refractivity contribution in [2.24, 2.45) is 0 Å². The molecule has 0 spiro atoms. The SMILES string of the molecule is O[C@H](CNC1CCCCCC1)CN1CCOCC1. The quantitative estimate of drug-likeness (QED) is 0.720. The average molecular weight is 256 g/mol. The largest absolute Gasteiger partial charge is 0.390 e. The number of aliphatic hydroxyl groups is 1. The third kappa shape index (κ3) is 5.22. The molecule has 4 nitrogen and oxygen atoms in total. The summed E-state index contributed by atoms with van der Waals surface area (Å²) in [5.41, 5.74) is 0. The van der Waals surface area contributed by atoms with Crippen molar-refractivity contribution in [1.29, 1.82) is 0 Å². The van der Waals surface area contributed by atoms with Gasteiger partial charge < -0.3 is 15.2 Å². The molecule has 1 aliphatic heterocycles. The first-order chi connectivity index (χ1) is 8.84. The molecule has 2 fully saturated rings. The van der Waals surface area contributed by atoms with E-state index in [0.29, 0.717) is 6.04 Å². The summed E-state index contributed by atoms with van der Waals surface area (Å²) >= 11 is 0. The van der Waals surface area contributed by atoms with E-state index in [0.717, 1.165) is 39.4 Å². The average Bonchev–Trinajstić information content (AvgIpc) is 2.66. The zero-order valence-electron chi connectivity index (χ0n) is 11.4. The molecule has 2 N–H and O–H groups in total. The Morgan fingerprint density at radius 1 is 1.11 bits per heavy atom. The Morgan fingerprint density at radius 2 is 1.78 bits per heavy atom. The molecule has 0 amide bonds. The molecule has 4 heteroatoms. The van der Waals surface area contributed by atoms with Crippen LogP contribution in [-0.2, 0) is 4.74 Å². The predicted molar refractivity (Wildman–Crippen MR) is 72.8 cm³/mol. The van der Waals surface area contributed by atoms with E-state index in [1.807, 2.05) is 0 Å². The molecule has 0 bridgehead atoms. The van der Waals surface area contributed by atoms with Crippen LogP contribution in [-0.4, -0.2) is 61.5 Å². The fourth-order valence-electron chi connectivity index (χ4n) is 2.93. The van der Waals surface area contributed by atoms with Crippen molar-refractivity contribution in [3.05, 3.63) is 0 Å². The molecule has 1 saturated heterocycles. The Labute approximate surface area is 111 Å². The van der Waals surface area contributed by atoms with E-state index >= 15 is 0 Å². The highest BCUT2D eigenvalue weighted by Gasteiger charge is 2.17. The minimum absolute atomic E-state index is 0.244. The molecule has 0 aromatic rings. The van der Waals surface area contributed by atoms with E-state index in [4.69, 9.17) is 4.74 Å². The van der Waals surface area contributed by atoms with Gasteiger partial charge in [0.25, 0.3) is 0 Å². The lowest BCUT2D eigenvalue weighted by Crippen LogP contribution is -2.45. The summed E-state index contributed by atoms with van der Waals surface area (Å²) in [5.74, 6) is 0. The van der Waals surface area contributed by atoms with Crippen molar-refractivity contribution in [3.8, 4) is 0 Å². The first-order valence-electron chi connectivity index (χ1n) is 7.56. The van der Waals surface area contributed by atoms with Crippen LogP contribution in [0, 0.1) is 0 Å². The molecule has 2 aliphatic rings. The van der Waals surface area contributed by atoms with Crippen LogP contribution in [0.2, 0.25) is 0 Å². The zero-order chi connectivity index (χ0) is 12.6. The number of aliphatic hydroxyl groups excluding tert-OH is 1. The second kappa shape index (κ2) is 8.10. The lowest BCUT2D eigenvalue weighted by molar-refractivity contribution is 0.0144. The number of nitrogens with zero attached hydrogens (tertiary/aromatic N) is 1. The van der Waals surface area contributed by atoms with Crippen LogP contribution in [0.4, 0.5) is 0 Å². The van der Waals surface area contributed by atoms with E-state index in [1.54, 1.807) is 0 Å². The maximum atomic E-state index is 10.1. The summed E-state index contributed by atoms with van der Waals surface area (Å²) in [6.45, 7) is 5.05. The maximum Gasteiger partial charge on any atom is 0.0791 e. The number of ether oxygens (including phenoxy) is 1. The van der Waals surface area contributed by atoms with Crippen LogP contribution in [0.25, 0.3) is 0 Å². The molecule has 2 rings (SSSR count). The van der Waals surface area contributed by atoms with E-state index < -0.39 is 0 Å². The van der Waals surface area contributed by atoms with Crippen molar-refractivity contribution in [2.45, 2.75) is 50.7 Å². The highest BCUT2D eigenvalue weighted by Crippen LogP contribution is 2.17. The number of nitrogens with one attached hydrogen (secondary N) is 1. The number of β-amino-alcohol motifs (C(OH)–C–C–N with tert-alkyl or cyclic N) is 1. The van der Waals surface area contributed by atoms with Gasteiger partial charge in [-0.05, 0) is 12.8 Å². The fraction of sp³-hybridized carbons (Fsp3) is 1.00. The van der Waals surface area contributed by atoms with Crippen LogP contribution < -0.4 is 5.32 Å². The van der Waals surface area contributed by atoms with Gasteiger partial charge in [0.05, 0.1) is 19.3 Å². The van der Waals surface area contributed by atoms with Gasteiger partial charge in [0.15, 0.2) is 0 Å². The molecule has 106 valence electrons. The van der Waals surface area contributed by atoms with Gasteiger partial charge in [-0.2, -0.15) is 0 Å². The highest BCUT2D eigenvalue weighted by atomic mass is 16.5. The van der Waals surface area contributed by atoms with Crippen molar-refractivity contribution < 1.29 is 9.84 Å². The first kappa shape index (κ1) is 14.3. The number of hydrogen-bond acceptors (Lipinski definition) is 4. The molecule has 0 radical (unpaired) electrons. The predicted octanol–water partition coefficient (Wildman–Crippen LogP) is 0.992. The van der Waals surface area contributed by atoms with Gasteiger partial charge in [-0.15, -0.1) is 0 Å². The van der Waals surface area contributed by atoms with Crippen LogP contribution in [0.5, 0.6) is 0 Å². The Balaban J connectivity index is 1.59. The van der Waals surface area contributed by atoms with Crippen molar-refractivity contribution in [1.82, 2.24) is 10.2 Å². The van der Waals surface area contributed by atoms with E-state index in [2.05, 4.69) is 10.2 Å². The molecular formula is C14H28N2O2. The molecule has 1 heterocycles. The second-order valence-corrected chi connectivity index (χ2v) is 5.66. The maximum absolute atomic E-state index is 10.1. The van der Waals surface area contributed by atoms with Gasteiger partial charge in [0.1, 0.15) is 0 Å². The summed E-state index contributed by atoms with van der Waals surface area (Å²) in [4.78, 5) is 2.29. The van der Waals surface area contributed by atoms with Gasteiger partial charge >= 0.3 is 0 Å². The molecule has 0 aromatic heterocycles. The number of rotatable bonds is 5. The summed E-state index contributed by atoms with van der Waals surface area (Å²) in [7, 11) is 0. The summed E-state index contributed by atoms with van der Waals surface area (Å²) in [5, 5.41) is 13.6. The molecule has 1 saturated carbocycles. The highest BCUT2D eigenvalue weighted by molar-refractivity contribution is 4.74. The monoisotopic (exact) mass is 256 g/mol. The van der Waals surface area contributed by atoms with Gasteiger partial charge in [0, 0.05) is 32.2 Å². The molecule has 0 unspecified atom stereocenters. The van der Waals surface area contributed by atoms with E-state index in [-0.39, 0.29) is 6.10 Å². The summed E-state index contributed by atoms with van der Waals surface area (Å²) < 4.78 is 5.31.